The van der Waals surface area contributed by atoms with Crippen molar-refractivity contribution in [2.75, 3.05) is 13.1 Å². The smallest absolute Gasteiger partial charge is 0.272 e. The summed E-state index contributed by atoms with van der Waals surface area (Å²) in [5.41, 5.74) is 7.06. The Labute approximate surface area is 194 Å². The predicted octanol–water partition coefficient (Wildman–Crippen LogP) is 5.31. The van der Waals surface area contributed by atoms with Crippen LogP contribution in [-0.2, 0) is 19.4 Å². The number of pyridine rings is 1. The molecule has 1 aliphatic carbocycles. The molecule has 1 aliphatic heterocycles. The van der Waals surface area contributed by atoms with Gasteiger partial charge in [-0.15, -0.1) is 0 Å². The number of halogens is 1. The molecule has 0 N–H and O–H groups in total. The Hall–Kier alpha value is -3.02. The minimum Gasteiger partial charge on any atom is -0.337 e. The fourth-order valence-corrected chi connectivity index (χ4v) is 5.34. The lowest BCUT2D eigenvalue weighted by Crippen LogP contribution is -2.40. The summed E-state index contributed by atoms with van der Waals surface area (Å²) in [7, 11) is 0. The Morgan fingerprint density at radius 3 is 2.67 bits per heavy atom. The van der Waals surface area contributed by atoms with Crippen molar-refractivity contribution in [3.63, 3.8) is 0 Å². The molecule has 2 aromatic heterocycles. The molecule has 1 saturated heterocycles. The van der Waals surface area contributed by atoms with Crippen molar-refractivity contribution in [3.8, 4) is 11.1 Å². The zero-order valence-electron chi connectivity index (χ0n) is 19.5. The van der Waals surface area contributed by atoms with Crippen molar-refractivity contribution < 1.29 is 9.18 Å². The molecule has 1 atom stereocenters. The van der Waals surface area contributed by atoms with E-state index in [0.29, 0.717) is 13.1 Å². The van der Waals surface area contributed by atoms with E-state index in [0.717, 1.165) is 79.0 Å². The summed E-state index contributed by atoms with van der Waals surface area (Å²) < 4.78 is 15.3. The molecule has 0 radical (unpaired) electrons. The number of aromatic nitrogens is 3. The van der Waals surface area contributed by atoms with Gasteiger partial charge in [-0.1, -0.05) is 12.1 Å². The fourth-order valence-electron chi connectivity index (χ4n) is 5.34. The number of amides is 1. The van der Waals surface area contributed by atoms with E-state index in [1.807, 2.05) is 22.6 Å². The Kier molecular flexibility index (Phi) is 6.00. The van der Waals surface area contributed by atoms with Crippen LogP contribution in [0.3, 0.4) is 0 Å². The summed E-state index contributed by atoms with van der Waals surface area (Å²) in [5.74, 6) is 0.0685. The predicted molar refractivity (Wildman–Crippen MR) is 127 cm³/mol. The number of hydrogen-bond acceptors (Lipinski definition) is 3. The second kappa shape index (κ2) is 9.08. The van der Waals surface area contributed by atoms with Gasteiger partial charge < -0.3 is 4.90 Å². The van der Waals surface area contributed by atoms with Crippen molar-refractivity contribution in [2.24, 2.45) is 0 Å². The number of nitrogens with zero attached hydrogens (tertiary/aromatic N) is 4. The van der Waals surface area contributed by atoms with E-state index in [-0.39, 0.29) is 17.6 Å². The standard InChI is InChI=1S/C27H31FN4O/c1-3-32-26(23-8-4-5-9-24(23)30-32)27(33)31-14-6-7-20(17-31)25-16-21(15-18(2)29-25)19-10-12-22(28)13-11-19/h10-13,15-16,20H,3-9,14,17H2,1-2H3/t20-/m0/s1. The average Bonchev–Trinajstić information content (AvgIpc) is 3.22. The van der Waals surface area contributed by atoms with Crippen LogP contribution in [0.25, 0.3) is 11.1 Å². The molecule has 0 unspecified atom stereocenters. The van der Waals surface area contributed by atoms with Gasteiger partial charge in [0.15, 0.2) is 0 Å². The number of hydrogen-bond donors (Lipinski definition) is 0. The van der Waals surface area contributed by atoms with E-state index in [4.69, 9.17) is 10.1 Å². The molecule has 3 aromatic rings. The number of piperidine rings is 1. The summed E-state index contributed by atoms with van der Waals surface area (Å²) in [5, 5.41) is 4.76. The maximum absolute atomic E-state index is 13.7. The number of benzene rings is 1. The van der Waals surface area contributed by atoms with Crippen LogP contribution in [0, 0.1) is 12.7 Å². The van der Waals surface area contributed by atoms with E-state index in [2.05, 4.69) is 13.0 Å². The molecule has 3 heterocycles. The van der Waals surface area contributed by atoms with Crippen LogP contribution in [0.15, 0.2) is 36.4 Å². The van der Waals surface area contributed by atoms with Crippen molar-refractivity contribution >= 4 is 5.91 Å². The number of aryl methyl sites for hydroxylation is 3. The van der Waals surface area contributed by atoms with Gasteiger partial charge in [-0.3, -0.25) is 14.5 Å². The number of rotatable bonds is 4. The lowest BCUT2D eigenvalue weighted by Gasteiger charge is -2.33. The molecule has 1 amide bonds. The Morgan fingerprint density at radius 2 is 1.88 bits per heavy atom. The van der Waals surface area contributed by atoms with Crippen LogP contribution in [0.2, 0.25) is 0 Å². The SMILES string of the molecule is CCn1nc2c(c1C(=O)N1CCC[C@H](c3cc(-c4ccc(F)cc4)cc(C)n3)C1)CCCC2. The van der Waals surface area contributed by atoms with Gasteiger partial charge in [0.25, 0.3) is 5.91 Å². The molecule has 5 nitrogen and oxygen atoms in total. The Morgan fingerprint density at radius 1 is 1.09 bits per heavy atom. The quantitative estimate of drug-likeness (QED) is 0.546. The van der Waals surface area contributed by atoms with Crippen LogP contribution in [0.1, 0.15) is 71.7 Å². The second-order valence-electron chi connectivity index (χ2n) is 9.32. The van der Waals surface area contributed by atoms with Crippen LogP contribution in [0.5, 0.6) is 0 Å². The van der Waals surface area contributed by atoms with Crippen molar-refractivity contribution in [3.05, 3.63) is 70.6 Å². The lowest BCUT2D eigenvalue weighted by atomic mass is 9.91. The highest BCUT2D eigenvalue weighted by Gasteiger charge is 2.32. The highest BCUT2D eigenvalue weighted by molar-refractivity contribution is 5.94. The van der Waals surface area contributed by atoms with Gasteiger partial charge in [0.05, 0.1) is 5.69 Å². The van der Waals surface area contributed by atoms with Crippen LogP contribution in [-0.4, -0.2) is 38.7 Å². The Bertz CT molecular complexity index is 1170. The van der Waals surface area contributed by atoms with Gasteiger partial charge in [-0.2, -0.15) is 5.10 Å². The molecule has 1 fully saturated rings. The molecule has 2 aliphatic rings. The highest BCUT2D eigenvalue weighted by atomic mass is 19.1. The minimum atomic E-state index is -0.236. The summed E-state index contributed by atoms with van der Waals surface area (Å²) >= 11 is 0. The third kappa shape index (κ3) is 4.31. The van der Waals surface area contributed by atoms with E-state index in [1.54, 1.807) is 12.1 Å². The van der Waals surface area contributed by atoms with Gasteiger partial charge in [0, 0.05) is 42.5 Å². The third-order valence-corrected chi connectivity index (χ3v) is 7.00. The van der Waals surface area contributed by atoms with Gasteiger partial charge >= 0.3 is 0 Å². The molecule has 0 bridgehead atoms. The molecule has 1 aromatic carbocycles. The molecule has 0 saturated carbocycles. The van der Waals surface area contributed by atoms with Gasteiger partial charge in [-0.05, 0) is 87.8 Å². The van der Waals surface area contributed by atoms with Crippen molar-refractivity contribution in [2.45, 2.75) is 64.8 Å². The van der Waals surface area contributed by atoms with Crippen molar-refractivity contribution in [1.82, 2.24) is 19.7 Å². The second-order valence-corrected chi connectivity index (χ2v) is 9.32. The maximum Gasteiger partial charge on any atom is 0.272 e. The molecule has 172 valence electrons. The molecule has 0 spiro atoms. The van der Waals surface area contributed by atoms with Gasteiger partial charge in [-0.25, -0.2) is 4.39 Å². The highest BCUT2D eigenvalue weighted by Crippen LogP contribution is 2.32. The largest absolute Gasteiger partial charge is 0.337 e. The number of carbonyl (C=O) groups is 1. The first-order chi connectivity index (χ1) is 16.0. The first-order valence-corrected chi connectivity index (χ1v) is 12.2. The average molecular weight is 447 g/mol. The minimum absolute atomic E-state index is 0.114. The monoisotopic (exact) mass is 446 g/mol. The molecule has 5 rings (SSSR count). The van der Waals surface area contributed by atoms with Crippen LogP contribution in [0.4, 0.5) is 4.39 Å². The van der Waals surface area contributed by atoms with E-state index < -0.39 is 0 Å². The zero-order chi connectivity index (χ0) is 22.9. The van der Waals surface area contributed by atoms with Gasteiger partial charge in [0.1, 0.15) is 11.5 Å². The third-order valence-electron chi connectivity index (χ3n) is 7.00. The number of carbonyl (C=O) groups excluding carboxylic acids is 1. The first kappa shape index (κ1) is 21.8. The molecular formula is C27H31FN4O. The first-order valence-electron chi connectivity index (χ1n) is 12.2. The van der Waals surface area contributed by atoms with Crippen molar-refractivity contribution in [1.29, 1.82) is 0 Å². The summed E-state index contributed by atoms with van der Waals surface area (Å²) in [6, 6.07) is 10.7. The van der Waals surface area contributed by atoms with Crippen LogP contribution < -0.4 is 0 Å². The van der Waals surface area contributed by atoms with Crippen LogP contribution >= 0.6 is 0 Å². The summed E-state index contributed by atoms with van der Waals surface area (Å²) in [6.07, 6.45) is 6.18. The summed E-state index contributed by atoms with van der Waals surface area (Å²) in [6.45, 7) is 6.21. The topological polar surface area (TPSA) is 51.0 Å². The maximum atomic E-state index is 13.7. The number of fused-ring (bicyclic) bond motifs is 1. The molecular weight excluding hydrogens is 415 g/mol. The zero-order valence-corrected chi connectivity index (χ0v) is 19.5. The van der Waals surface area contributed by atoms with E-state index in [1.165, 1.54) is 17.7 Å². The van der Waals surface area contributed by atoms with E-state index >= 15 is 0 Å². The summed E-state index contributed by atoms with van der Waals surface area (Å²) in [4.78, 5) is 20.5. The molecule has 33 heavy (non-hydrogen) atoms. The fraction of sp³-hybridized carbons (Fsp3) is 0.444. The Balaban J connectivity index is 1.41. The van der Waals surface area contributed by atoms with Gasteiger partial charge in [0.2, 0.25) is 0 Å². The lowest BCUT2D eigenvalue weighted by molar-refractivity contribution is 0.0692. The molecule has 6 heteroatoms. The van der Waals surface area contributed by atoms with E-state index in [9.17, 15) is 9.18 Å². The normalized spacial score (nSPS) is 18.3. The number of likely N-dealkylation sites (tertiary alicyclic amines) is 1.